The number of carbonyl (C=O) groups excluding carboxylic acids is 1. The molecule has 25 heavy (non-hydrogen) atoms. The summed E-state index contributed by atoms with van der Waals surface area (Å²) in [5, 5.41) is 3.28. The minimum Gasteiger partial charge on any atom is -0.337 e. The summed E-state index contributed by atoms with van der Waals surface area (Å²) in [6.45, 7) is 7.02. The lowest BCUT2D eigenvalue weighted by atomic mass is 9.97. The molecule has 138 valence electrons. The molecule has 3 rings (SSSR count). The van der Waals surface area contributed by atoms with E-state index in [4.69, 9.17) is 0 Å². The Bertz CT molecular complexity index is 718. The minimum absolute atomic E-state index is 0.0952. The van der Waals surface area contributed by atoms with E-state index < -0.39 is 10.0 Å². The van der Waals surface area contributed by atoms with E-state index in [2.05, 4.69) is 5.32 Å². The summed E-state index contributed by atoms with van der Waals surface area (Å²) in [6, 6.07) is 7.07. The van der Waals surface area contributed by atoms with Crippen LogP contribution < -0.4 is 5.32 Å². The van der Waals surface area contributed by atoms with Crippen LogP contribution in [0.25, 0.3) is 0 Å². The highest BCUT2D eigenvalue weighted by Gasteiger charge is 2.36. The molecule has 2 saturated heterocycles. The van der Waals surface area contributed by atoms with Gasteiger partial charge in [-0.25, -0.2) is 8.42 Å². The van der Waals surface area contributed by atoms with Gasteiger partial charge in [0.05, 0.1) is 10.8 Å². The Kier molecular flexibility index (Phi) is 5.46. The van der Waals surface area contributed by atoms with Crippen LogP contribution in [-0.2, 0) is 14.8 Å². The van der Waals surface area contributed by atoms with Gasteiger partial charge >= 0.3 is 0 Å². The summed E-state index contributed by atoms with van der Waals surface area (Å²) in [5.41, 5.74) is 1.03. The first-order valence-corrected chi connectivity index (χ1v) is 10.4. The van der Waals surface area contributed by atoms with Crippen molar-refractivity contribution in [2.45, 2.75) is 37.6 Å². The van der Waals surface area contributed by atoms with Gasteiger partial charge in [-0.3, -0.25) is 4.79 Å². The van der Waals surface area contributed by atoms with Crippen LogP contribution in [-0.4, -0.2) is 62.3 Å². The van der Waals surface area contributed by atoms with Crippen LogP contribution >= 0.6 is 0 Å². The molecular weight excluding hydrogens is 338 g/mol. The molecule has 1 amide bonds. The topological polar surface area (TPSA) is 69.7 Å². The molecule has 0 aliphatic carbocycles. The van der Waals surface area contributed by atoms with Crippen molar-refractivity contribution in [2.75, 3.05) is 32.7 Å². The van der Waals surface area contributed by atoms with E-state index in [1.165, 1.54) is 4.31 Å². The smallest absolute Gasteiger partial charge is 0.243 e. The van der Waals surface area contributed by atoms with E-state index in [0.717, 1.165) is 31.5 Å². The van der Waals surface area contributed by atoms with E-state index in [1.54, 1.807) is 12.1 Å². The largest absolute Gasteiger partial charge is 0.337 e. The number of rotatable bonds is 3. The van der Waals surface area contributed by atoms with Gasteiger partial charge in [-0.1, -0.05) is 17.7 Å². The molecular formula is C18H27N3O3S. The second-order valence-electron chi connectivity index (χ2n) is 7.10. The monoisotopic (exact) mass is 365 g/mol. The summed E-state index contributed by atoms with van der Waals surface area (Å²) in [4.78, 5) is 15.1. The van der Waals surface area contributed by atoms with Crippen molar-refractivity contribution in [3.05, 3.63) is 29.8 Å². The molecule has 2 fully saturated rings. The number of hydrogen-bond donors (Lipinski definition) is 1. The maximum Gasteiger partial charge on any atom is 0.243 e. The van der Waals surface area contributed by atoms with Crippen LogP contribution in [0.3, 0.4) is 0 Å². The number of benzene rings is 1. The zero-order chi connectivity index (χ0) is 18.0. The molecule has 7 heteroatoms. The van der Waals surface area contributed by atoms with Crippen molar-refractivity contribution >= 4 is 15.9 Å². The van der Waals surface area contributed by atoms with E-state index in [9.17, 15) is 13.2 Å². The predicted octanol–water partition coefficient (Wildman–Crippen LogP) is 1.22. The third-order valence-corrected chi connectivity index (χ3v) is 7.06. The summed E-state index contributed by atoms with van der Waals surface area (Å²) in [7, 11) is -3.54. The molecule has 0 saturated carbocycles. The van der Waals surface area contributed by atoms with E-state index >= 15 is 0 Å². The fourth-order valence-electron chi connectivity index (χ4n) is 3.62. The fourth-order valence-corrected chi connectivity index (χ4v) is 5.15. The number of sulfonamides is 1. The van der Waals surface area contributed by atoms with Crippen molar-refractivity contribution in [3.63, 3.8) is 0 Å². The molecule has 2 aliphatic rings. The Balaban J connectivity index is 1.74. The Morgan fingerprint density at radius 2 is 1.92 bits per heavy atom. The Labute approximate surface area is 150 Å². The summed E-state index contributed by atoms with van der Waals surface area (Å²) >= 11 is 0. The predicted molar refractivity (Wildman–Crippen MR) is 96.7 cm³/mol. The molecule has 1 aromatic rings. The van der Waals surface area contributed by atoms with Crippen LogP contribution in [0, 0.1) is 12.8 Å². The standard InChI is InChI=1S/C18H27N3O3S/c1-14-5-7-17(8-6-14)25(23,24)20-10-3-4-16(13-20)18(22)21-11-9-19-12-15(21)2/h5-8,15-16,19H,3-4,9-13H2,1-2H3/t15-,16?/m0/s1. The maximum atomic E-state index is 12.9. The molecule has 1 N–H and O–H groups in total. The first kappa shape index (κ1) is 18.4. The third-order valence-electron chi connectivity index (χ3n) is 5.18. The lowest BCUT2D eigenvalue weighted by Crippen LogP contribution is -2.55. The SMILES string of the molecule is Cc1ccc(S(=O)(=O)N2CCCC(C(=O)N3CCNC[C@@H]3C)C2)cc1. The molecule has 1 aromatic carbocycles. The van der Waals surface area contributed by atoms with Crippen LogP contribution in [0.4, 0.5) is 0 Å². The van der Waals surface area contributed by atoms with Crippen LogP contribution in [0.2, 0.25) is 0 Å². The van der Waals surface area contributed by atoms with Gasteiger partial charge in [0.15, 0.2) is 0 Å². The first-order chi connectivity index (χ1) is 11.9. The van der Waals surface area contributed by atoms with E-state index in [1.807, 2.05) is 30.9 Å². The normalized spacial score (nSPS) is 25.8. The number of nitrogens with zero attached hydrogens (tertiary/aromatic N) is 2. The van der Waals surface area contributed by atoms with Crippen LogP contribution in [0.1, 0.15) is 25.3 Å². The average Bonchev–Trinajstić information content (AvgIpc) is 2.62. The van der Waals surface area contributed by atoms with Crippen LogP contribution in [0.5, 0.6) is 0 Å². The quantitative estimate of drug-likeness (QED) is 0.874. The van der Waals surface area contributed by atoms with Crippen molar-refractivity contribution in [1.29, 1.82) is 0 Å². The summed E-state index contributed by atoms with van der Waals surface area (Å²) < 4.78 is 27.3. The summed E-state index contributed by atoms with van der Waals surface area (Å²) in [6.07, 6.45) is 1.48. The number of nitrogens with one attached hydrogen (secondary N) is 1. The molecule has 0 aromatic heterocycles. The Morgan fingerprint density at radius 1 is 1.20 bits per heavy atom. The lowest BCUT2D eigenvalue weighted by molar-refractivity contribution is -0.139. The van der Waals surface area contributed by atoms with Crippen molar-refractivity contribution in [3.8, 4) is 0 Å². The minimum atomic E-state index is -3.54. The zero-order valence-corrected chi connectivity index (χ0v) is 15.8. The zero-order valence-electron chi connectivity index (χ0n) is 14.9. The molecule has 6 nitrogen and oxygen atoms in total. The first-order valence-electron chi connectivity index (χ1n) is 8.97. The fraction of sp³-hybridized carbons (Fsp3) is 0.611. The second-order valence-corrected chi connectivity index (χ2v) is 9.04. The number of piperazine rings is 1. The van der Waals surface area contributed by atoms with Gasteiger partial charge in [0.2, 0.25) is 15.9 Å². The number of amides is 1. The Morgan fingerprint density at radius 3 is 2.60 bits per heavy atom. The van der Waals surface area contributed by atoms with Crippen LogP contribution in [0.15, 0.2) is 29.2 Å². The number of carbonyl (C=O) groups is 1. The number of hydrogen-bond acceptors (Lipinski definition) is 4. The highest BCUT2D eigenvalue weighted by Crippen LogP contribution is 2.26. The average molecular weight is 365 g/mol. The highest BCUT2D eigenvalue weighted by molar-refractivity contribution is 7.89. The highest BCUT2D eigenvalue weighted by atomic mass is 32.2. The van der Waals surface area contributed by atoms with Crippen molar-refractivity contribution in [1.82, 2.24) is 14.5 Å². The Hall–Kier alpha value is -1.44. The van der Waals surface area contributed by atoms with E-state index in [0.29, 0.717) is 18.0 Å². The molecule has 2 aliphatic heterocycles. The van der Waals surface area contributed by atoms with Crippen molar-refractivity contribution in [2.24, 2.45) is 5.92 Å². The number of aryl methyl sites for hydroxylation is 1. The molecule has 0 bridgehead atoms. The van der Waals surface area contributed by atoms with Crippen molar-refractivity contribution < 1.29 is 13.2 Å². The second kappa shape index (κ2) is 7.43. The summed E-state index contributed by atoms with van der Waals surface area (Å²) in [5.74, 6) is -0.146. The van der Waals surface area contributed by atoms with Gasteiger partial charge in [0.1, 0.15) is 0 Å². The number of piperidine rings is 1. The van der Waals surface area contributed by atoms with Gasteiger partial charge in [0.25, 0.3) is 0 Å². The van der Waals surface area contributed by atoms with Gasteiger partial charge < -0.3 is 10.2 Å². The molecule has 0 radical (unpaired) electrons. The molecule has 2 heterocycles. The molecule has 1 unspecified atom stereocenters. The lowest BCUT2D eigenvalue weighted by Gasteiger charge is -2.39. The van der Waals surface area contributed by atoms with E-state index in [-0.39, 0.29) is 24.4 Å². The molecule has 0 spiro atoms. The van der Waals surface area contributed by atoms with Gasteiger partial charge in [-0.15, -0.1) is 0 Å². The van der Waals surface area contributed by atoms with Gasteiger partial charge in [-0.2, -0.15) is 4.31 Å². The van der Waals surface area contributed by atoms with Gasteiger partial charge in [0, 0.05) is 38.8 Å². The molecule has 2 atom stereocenters. The third kappa shape index (κ3) is 3.88. The van der Waals surface area contributed by atoms with Gasteiger partial charge in [-0.05, 0) is 38.8 Å². The maximum absolute atomic E-state index is 12.9.